The normalized spacial score (nSPS) is 12.7. The summed E-state index contributed by atoms with van der Waals surface area (Å²) < 4.78 is 0. The molecule has 1 aromatic carbocycles. The Morgan fingerprint density at radius 3 is 2.40 bits per heavy atom. The van der Waals surface area contributed by atoms with E-state index in [9.17, 15) is 0 Å². The van der Waals surface area contributed by atoms with Crippen LogP contribution in [-0.4, -0.2) is 12.6 Å². The number of hydrogen-bond donors (Lipinski definition) is 2. The van der Waals surface area contributed by atoms with Crippen LogP contribution in [0.5, 0.6) is 0 Å². The molecule has 0 aliphatic rings. The Bertz CT molecular complexity index is 266. The summed E-state index contributed by atoms with van der Waals surface area (Å²) in [4.78, 5) is 0. The minimum absolute atomic E-state index is 0.183. The van der Waals surface area contributed by atoms with Gasteiger partial charge in [-0.15, -0.1) is 0 Å². The van der Waals surface area contributed by atoms with Gasteiger partial charge in [-0.1, -0.05) is 36.2 Å². The lowest BCUT2D eigenvalue weighted by Gasteiger charge is -2.07. The van der Waals surface area contributed by atoms with Crippen molar-refractivity contribution in [3.63, 3.8) is 0 Å². The van der Waals surface area contributed by atoms with Crippen molar-refractivity contribution in [2.24, 2.45) is 11.5 Å². The molecule has 84 valence electrons. The smallest absolute Gasteiger partial charge is 0.0163 e. The lowest BCUT2D eigenvalue weighted by Crippen LogP contribution is -2.29. The van der Waals surface area contributed by atoms with Crippen LogP contribution < -0.4 is 11.5 Å². The fourth-order valence-corrected chi connectivity index (χ4v) is 1.61. The predicted molar refractivity (Wildman–Crippen MR) is 65.8 cm³/mol. The zero-order valence-electron chi connectivity index (χ0n) is 9.58. The molecule has 1 rings (SSSR count). The summed E-state index contributed by atoms with van der Waals surface area (Å²) in [6.07, 6.45) is 4.57. The molecule has 0 fully saturated rings. The highest BCUT2D eigenvalue weighted by Crippen LogP contribution is 2.08. The average molecular weight is 206 g/mol. The Morgan fingerprint density at radius 1 is 1.13 bits per heavy atom. The summed E-state index contributed by atoms with van der Waals surface area (Å²) in [5.74, 6) is 0. The zero-order chi connectivity index (χ0) is 11.1. The number of hydrogen-bond acceptors (Lipinski definition) is 2. The molecule has 0 heterocycles. The van der Waals surface area contributed by atoms with Crippen LogP contribution in [0.1, 0.15) is 30.4 Å². The molecule has 0 radical (unpaired) electrons. The van der Waals surface area contributed by atoms with E-state index in [1.165, 1.54) is 24.0 Å². The molecule has 1 atom stereocenters. The average Bonchev–Trinajstić information content (AvgIpc) is 2.26. The summed E-state index contributed by atoms with van der Waals surface area (Å²) in [6.45, 7) is 2.72. The third-order valence-electron chi connectivity index (χ3n) is 2.71. The van der Waals surface area contributed by atoms with E-state index in [0.29, 0.717) is 6.54 Å². The van der Waals surface area contributed by atoms with Crippen LogP contribution in [0.25, 0.3) is 0 Å². The highest BCUT2D eigenvalue weighted by molar-refractivity contribution is 5.21. The molecule has 2 heteroatoms. The Labute approximate surface area is 92.7 Å². The van der Waals surface area contributed by atoms with Gasteiger partial charge >= 0.3 is 0 Å². The van der Waals surface area contributed by atoms with E-state index < -0.39 is 0 Å². The Morgan fingerprint density at radius 2 is 1.80 bits per heavy atom. The summed E-state index contributed by atoms with van der Waals surface area (Å²) in [5.41, 5.74) is 13.9. The monoisotopic (exact) mass is 206 g/mol. The predicted octanol–water partition coefficient (Wildman–Crippen LogP) is 1.99. The van der Waals surface area contributed by atoms with Gasteiger partial charge in [-0.3, -0.25) is 0 Å². The Kier molecular flexibility index (Phi) is 5.37. The molecule has 0 saturated carbocycles. The molecule has 0 aliphatic carbocycles. The van der Waals surface area contributed by atoms with Gasteiger partial charge in [0.2, 0.25) is 0 Å². The van der Waals surface area contributed by atoms with E-state index in [1.807, 2.05) is 0 Å². The van der Waals surface area contributed by atoms with Crippen LogP contribution >= 0.6 is 0 Å². The molecular weight excluding hydrogens is 184 g/mol. The molecule has 0 bridgehead atoms. The molecule has 1 aromatic rings. The summed E-state index contributed by atoms with van der Waals surface area (Å²) in [6, 6.07) is 8.93. The van der Waals surface area contributed by atoms with Gasteiger partial charge < -0.3 is 11.5 Å². The quantitative estimate of drug-likeness (QED) is 0.699. The SMILES string of the molecule is Cc1ccc(CCCCC(N)CN)cc1. The molecule has 2 nitrogen and oxygen atoms in total. The van der Waals surface area contributed by atoms with Gasteiger partial charge in [-0.2, -0.15) is 0 Å². The molecule has 0 saturated heterocycles. The van der Waals surface area contributed by atoms with Crippen LogP contribution in [0.3, 0.4) is 0 Å². The van der Waals surface area contributed by atoms with E-state index in [-0.39, 0.29) is 6.04 Å². The standard InChI is InChI=1S/C13H22N2/c1-11-6-8-12(9-7-11)4-2-3-5-13(15)10-14/h6-9,13H,2-5,10,14-15H2,1H3. The number of aryl methyl sites for hydroxylation is 2. The first-order valence-electron chi connectivity index (χ1n) is 5.73. The topological polar surface area (TPSA) is 52.0 Å². The van der Waals surface area contributed by atoms with Crippen LogP contribution in [0.2, 0.25) is 0 Å². The third-order valence-corrected chi connectivity index (χ3v) is 2.71. The van der Waals surface area contributed by atoms with Crippen LogP contribution in [0.4, 0.5) is 0 Å². The van der Waals surface area contributed by atoms with Gasteiger partial charge in [0.1, 0.15) is 0 Å². The van der Waals surface area contributed by atoms with Gasteiger partial charge in [0, 0.05) is 12.6 Å². The molecule has 15 heavy (non-hydrogen) atoms. The van der Waals surface area contributed by atoms with E-state index in [4.69, 9.17) is 11.5 Å². The van der Waals surface area contributed by atoms with Crippen LogP contribution in [0.15, 0.2) is 24.3 Å². The van der Waals surface area contributed by atoms with Crippen molar-refractivity contribution >= 4 is 0 Å². The Hall–Kier alpha value is -0.860. The molecule has 0 spiro atoms. The van der Waals surface area contributed by atoms with Crippen molar-refractivity contribution in [2.45, 2.75) is 38.6 Å². The lowest BCUT2D eigenvalue weighted by atomic mass is 10.0. The van der Waals surface area contributed by atoms with Gasteiger partial charge in [0.15, 0.2) is 0 Å². The summed E-state index contributed by atoms with van der Waals surface area (Å²) in [5, 5.41) is 0. The van der Waals surface area contributed by atoms with E-state index in [0.717, 1.165) is 12.8 Å². The maximum atomic E-state index is 5.75. The second-order valence-corrected chi connectivity index (χ2v) is 4.23. The van der Waals surface area contributed by atoms with Gasteiger partial charge in [-0.05, 0) is 31.7 Å². The second-order valence-electron chi connectivity index (χ2n) is 4.23. The fourth-order valence-electron chi connectivity index (χ4n) is 1.61. The lowest BCUT2D eigenvalue weighted by molar-refractivity contribution is 0.570. The van der Waals surface area contributed by atoms with Crippen molar-refractivity contribution in [1.29, 1.82) is 0 Å². The second kappa shape index (κ2) is 6.59. The van der Waals surface area contributed by atoms with Crippen molar-refractivity contribution in [3.05, 3.63) is 35.4 Å². The minimum Gasteiger partial charge on any atom is -0.329 e. The van der Waals surface area contributed by atoms with Crippen LogP contribution in [0, 0.1) is 6.92 Å². The van der Waals surface area contributed by atoms with E-state index in [1.54, 1.807) is 0 Å². The highest BCUT2D eigenvalue weighted by atomic mass is 14.7. The molecule has 0 aliphatic heterocycles. The van der Waals surface area contributed by atoms with Crippen LogP contribution in [-0.2, 0) is 6.42 Å². The maximum absolute atomic E-state index is 5.75. The van der Waals surface area contributed by atoms with Gasteiger partial charge in [0.05, 0.1) is 0 Å². The molecule has 0 aromatic heterocycles. The van der Waals surface area contributed by atoms with Crippen molar-refractivity contribution in [1.82, 2.24) is 0 Å². The number of unbranched alkanes of at least 4 members (excludes halogenated alkanes) is 1. The molecular formula is C13H22N2. The van der Waals surface area contributed by atoms with Crippen molar-refractivity contribution in [3.8, 4) is 0 Å². The zero-order valence-corrected chi connectivity index (χ0v) is 9.58. The van der Waals surface area contributed by atoms with E-state index >= 15 is 0 Å². The fraction of sp³-hybridized carbons (Fsp3) is 0.538. The largest absolute Gasteiger partial charge is 0.329 e. The van der Waals surface area contributed by atoms with Crippen molar-refractivity contribution < 1.29 is 0 Å². The Balaban J connectivity index is 2.17. The first kappa shape index (κ1) is 12.2. The van der Waals surface area contributed by atoms with Gasteiger partial charge in [-0.25, -0.2) is 0 Å². The highest BCUT2D eigenvalue weighted by Gasteiger charge is 1.99. The third kappa shape index (κ3) is 4.96. The molecule has 4 N–H and O–H groups in total. The number of benzene rings is 1. The maximum Gasteiger partial charge on any atom is 0.0163 e. The van der Waals surface area contributed by atoms with Gasteiger partial charge in [0.25, 0.3) is 0 Å². The number of rotatable bonds is 6. The van der Waals surface area contributed by atoms with Crippen molar-refractivity contribution in [2.75, 3.05) is 6.54 Å². The van der Waals surface area contributed by atoms with E-state index in [2.05, 4.69) is 31.2 Å². The number of nitrogens with two attached hydrogens (primary N) is 2. The summed E-state index contributed by atoms with van der Waals surface area (Å²) >= 11 is 0. The first-order chi connectivity index (χ1) is 7.22. The summed E-state index contributed by atoms with van der Waals surface area (Å²) in [7, 11) is 0. The molecule has 1 unspecified atom stereocenters. The first-order valence-corrected chi connectivity index (χ1v) is 5.73. The molecule has 0 amide bonds. The minimum atomic E-state index is 0.183.